The van der Waals surface area contributed by atoms with E-state index in [2.05, 4.69) is 15.5 Å². The number of para-hydroxylation sites is 1. The van der Waals surface area contributed by atoms with Gasteiger partial charge in [-0.3, -0.25) is 19.3 Å². The topological polar surface area (TPSA) is 83.0 Å². The van der Waals surface area contributed by atoms with Crippen molar-refractivity contribution in [3.63, 3.8) is 0 Å². The number of carbonyl (C=O) groups excluding carboxylic acids is 2. The number of aryl methyl sites for hydroxylation is 1. The minimum absolute atomic E-state index is 0.0185. The summed E-state index contributed by atoms with van der Waals surface area (Å²) in [5.41, 5.74) is 2.77. The molecule has 1 heterocycles. The van der Waals surface area contributed by atoms with E-state index in [1.54, 1.807) is 23.7 Å². The summed E-state index contributed by atoms with van der Waals surface area (Å²) in [5.74, 6) is 0.297. The van der Waals surface area contributed by atoms with E-state index in [0.29, 0.717) is 22.8 Å². The van der Waals surface area contributed by atoms with E-state index in [1.807, 2.05) is 49.4 Å². The molecule has 0 aliphatic carbocycles. The molecule has 0 spiro atoms. The predicted molar refractivity (Wildman–Crippen MR) is 115 cm³/mol. The first-order valence-electron chi connectivity index (χ1n) is 9.25. The fourth-order valence-corrected chi connectivity index (χ4v) is 3.10. The van der Waals surface area contributed by atoms with E-state index in [-0.39, 0.29) is 24.8 Å². The van der Waals surface area contributed by atoms with Crippen LogP contribution in [0, 0.1) is 11.7 Å². The van der Waals surface area contributed by atoms with Crippen LogP contribution in [0.1, 0.15) is 12.0 Å². The molecule has 0 radical (unpaired) electrons. The summed E-state index contributed by atoms with van der Waals surface area (Å²) in [5, 5.41) is 9.85. The SMILES string of the molecule is Cc1ccc(-c2n[nH]c(=S)n2CCC(=O)N(C)CC(=O)Nc2ccccc2)cc1. The zero-order valence-corrected chi connectivity index (χ0v) is 17.2. The third kappa shape index (κ3) is 5.39. The molecule has 150 valence electrons. The van der Waals surface area contributed by atoms with Gasteiger partial charge in [0.15, 0.2) is 10.6 Å². The molecule has 0 saturated heterocycles. The average Bonchev–Trinajstić information content (AvgIpc) is 3.07. The van der Waals surface area contributed by atoms with E-state index in [9.17, 15) is 9.59 Å². The Balaban J connectivity index is 1.59. The number of hydrogen-bond donors (Lipinski definition) is 2. The molecular formula is C21H23N5O2S. The number of rotatable bonds is 7. The zero-order chi connectivity index (χ0) is 20.8. The third-order valence-electron chi connectivity index (χ3n) is 4.48. The second-order valence-electron chi connectivity index (χ2n) is 6.78. The number of aromatic nitrogens is 3. The number of likely N-dealkylation sites (N-methyl/N-ethyl adjacent to an activating group) is 1. The lowest BCUT2D eigenvalue weighted by Gasteiger charge is -2.17. The van der Waals surface area contributed by atoms with E-state index < -0.39 is 0 Å². The van der Waals surface area contributed by atoms with Gasteiger partial charge in [0.1, 0.15) is 0 Å². The molecule has 2 aromatic carbocycles. The third-order valence-corrected chi connectivity index (χ3v) is 4.79. The van der Waals surface area contributed by atoms with Crippen molar-refractivity contribution in [3.8, 4) is 11.4 Å². The van der Waals surface area contributed by atoms with Gasteiger partial charge in [0.25, 0.3) is 0 Å². The molecule has 0 bridgehead atoms. The fraction of sp³-hybridized carbons (Fsp3) is 0.238. The van der Waals surface area contributed by atoms with E-state index >= 15 is 0 Å². The van der Waals surface area contributed by atoms with Crippen molar-refractivity contribution in [2.75, 3.05) is 18.9 Å². The second-order valence-corrected chi connectivity index (χ2v) is 7.17. The van der Waals surface area contributed by atoms with Crippen LogP contribution >= 0.6 is 12.2 Å². The summed E-state index contributed by atoms with van der Waals surface area (Å²) in [6.45, 7) is 2.38. The Morgan fingerprint density at radius 2 is 1.83 bits per heavy atom. The highest BCUT2D eigenvalue weighted by molar-refractivity contribution is 7.71. The lowest BCUT2D eigenvalue weighted by molar-refractivity contribution is -0.133. The van der Waals surface area contributed by atoms with Crippen molar-refractivity contribution in [2.24, 2.45) is 0 Å². The first-order valence-corrected chi connectivity index (χ1v) is 9.66. The molecule has 2 N–H and O–H groups in total. The molecule has 3 aromatic rings. The summed E-state index contributed by atoms with van der Waals surface area (Å²) in [6, 6.07) is 17.1. The van der Waals surface area contributed by atoms with E-state index in [1.165, 1.54) is 4.90 Å². The van der Waals surface area contributed by atoms with Gasteiger partial charge in [0.2, 0.25) is 11.8 Å². The van der Waals surface area contributed by atoms with Gasteiger partial charge in [-0.25, -0.2) is 0 Å². The van der Waals surface area contributed by atoms with Crippen LogP contribution in [-0.2, 0) is 16.1 Å². The molecule has 0 saturated carbocycles. The van der Waals surface area contributed by atoms with Crippen molar-refractivity contribution >= 4 is 29.7 Å². The number of benzene rings is 2. The van der Waals surface area contributed by atoms with Crippen LogP contribution in [0.4, 0.5) is 5.69 Å². The van der Waals surface area contributed by atoms with Crippen molar-refractivity contribution in [1.82, 2.24) is 19.7 Å². The lowest BCUT2D eigenvalue weighted by atomic mass is 10.1. The normalized spacial score (nSPS) is 10.6. The Hall–Kier alpha value is -3.26. The van der Waals surface area contributed by atoms with Gasteiger partial charge >= 0.3 is 0 Å². The van der Waals surface area contributed by atoms with Crippen molar-refractivity contribution in [1.29, 1.82) is 0 Å². The maximum Gasteiger partial charge on any atom is 0.243 e. The van der Waals surface area contributed by atoms with Gasteiger partial charge in [-0.1, -0.05) is 48.0 Å². The van der Waals surface area contributed by atoms with Crippen LogP contribution in [0.25, 0.3) is 11.4 Å². The van der Waals surface area contributed by atoms with Crippen LogP contribution in [0.2, 0.25) is 0 Å². The van der Waals surface area contributed by atoms with Gasteiger partial charge in [0, 0.05) is 31.3 Å². The summed E-state index contributed by atoms with van der Waals surface area (Å²) >= 11 is 5.32. The van der Waals surface area contributed by atoms with Crippen molar-refractivity contribution in [2.45, 2.75) is 19.9 Å². The minimum Gasteiger partial charge on any atom is -0.336 e. The minimum atomic E-state index is -0.243. The smallest absolute Gasteiger partial charge is 0.243 e. The first-order chi connectivity index (χ1) is 13.9. The molecule has 0 aliphatic heterocycles. The number of nitrogens with one attached hydrogen (secondary N) is 2. The molecule has 0 unspecified atom stereocenters. The van der Waals surface area contributed by atoms with Crippen LogP contribution in [0.3, 0.4) is 0 Å². The molecule has 2 amide bonds. The average molecular weight is 410 g/mol. The number of hydrogen-bond acceptors (Lipinski definition) is 4. The summed E-state index contributed by atoms with van der Waals surface area (Å²) in [4.78, 5) is 26.0. The Morgan fingerprint density at radius 1 is 1.14 bits per heavy atom. The van der Waals surface area contributed by atoms with E-state index in [0.717, 1.165) is 11.1 Å². The molecule has 0 fully saturated rings. The number of amides is 2. The summed E-state index contributed by atoms with van der Waals surface area (Å²) < 4.78 is 2.26. The number of nitrogens with zero attached hydrogens (tertiary/aromatic N) is 3. The molecule has 0 aliphatic rings. The molecule has 0 atom stereocenters. The Labute approximate surface area is 174 Å². The molecule has 29 heavy (non-hydrogen) atoms. The number of anilines is 1. The van der Waals surface area contributed by atoms with Crippen LogP contribution in [-0.4, -0.2) is 45.1 Å². The predicted octanol–water partition coefficient (Wildman–Crippen LogP) is 3.40. The number of aromatic amines is 1. The maximum atomic E-state index is 12.5. The quantitative estimate of drug-likeness (QED) is 0.586. The summed E-state index contributed by atoms with van der Waals surface area (Å²) in [7, 11) is 1.61. The largest absolute Gasteiger partial charge is 0.336 e. The fourth-order valence-electron chi connectivity index (χ4n) is 2.87. The summed E-state index contributed by atoms with van der Waals surface area (Å²) in [6.07, 6.45) is 0.210. The number of H-pyrrole nitrogens is 1. The highest BCUT2D eigenvalue weighted by Gasteiger charge is 2.15. The van der Waals surface area contributed by atoms with Crippen molar-refractivity contribution < 1.29 is 9.59 Å². The monoisotopic (exact) mass is 409 g/mol. The van der Waals surface area contributed by atoms with Gasteiger partial charge in [-0.15, -0.1) is 0 Å². The van der Waals surface area contributed by atoms with E-state index in [4.69, 9.17) is 12.2 Å². The Morgan fingerprint density at radius 3 is 2.52 bits per heavy atom. The molecule has 7 nitrogen and oxygen atoms in total. The Kier molecular flexibility index (Phi) is 6.56. The van der Waals surface area contributed by atoms with Crippen LogP contribution in [0.5, 0.6) is 0 Å². The lowest BCUT2D eigenvalue weighted by Crippen LogP contribution is -2.35. The van der Waals surface area contributed by atoms with Gasteiger partial charge in [-0.05, 0) is 31.3 Å². The maximum absolute atomic E-state index is 12.5. The standard InChI is InChI=1S/C21H23N5O2S/c1-15-8-10-16(11-9-15)20-23-24-21(29)26(20)13-12-19(28)25(2)14-18(27)22-17-6-4-3-5-7-17/h3-11H,12-14H2,1-2H3,(H,22,27)(H,24,29). The molecule has 1 aromatic heterocycles. The second kappa shape index (κ2) is 9.29. The van der Waals surface area contributed by atoms with Gasteiger partial charge in [0.05, 0.1) is 6.54 Å². The molecule has 3 rings (SSSR count). The molecular weight excluding hydrogens is 386 g/mol. The highest BCUT2D eigenvalue weighted by atomic mass is 32.1. The zero-order valence-electron chi connectivity index (χ0n) is 16.4. The number of carbonyl (C=O) groups is 2. The van der Waals surface area contributed by atoms with Gasteiger partial charge in [-0.2, -0.15) is 5.10 Å². The van der Waals surface area contributed by atoms with Crippen LogP contribution in [0.15, 0.2) is 54.6 Å². The Bertz CT molecular complexity index is 1040. The van der Waals surface area contributed by atoms with Crippen molar-refractivity contribution in [3.05, 3.63) is 64.9 Å². The van der Waals surface area contributed by atoms with Gasteiger partial charge < -0.3 is 10.2 Å². The first kappa shape index (κ1) is 20.5. The molecule has 8 heteroatoms. The highest BCUT2D eigenvalue weighted by Crippen LogP contribution is 2.18. The van der Waals surface area contributed by atoms with Crippen LogP contribution < -0.4 is 5.32 Å².